The zero-order chi connectivity index (χ0) is 27.8. The van der Waals surface area contributed by atoms with Crippen LogP contribution in [0.25, 0.3) is 0 Å². The van der Waals surface area contributed by atoms with Crippen LogP contribution in [-0.4, -0.2) is 57.1 Å². The van der Waals surface area contributed by atoms with Crippen molar-refractivity contribution in [3.05, 3.63) is 65.7 Å². The van der Waals surface area contributed by atoms with Gasteiger partial charge in [-0.05, 0) is 47.4 Å². The lowest BCUT2D eigenvalue weighted by Crippen LogP contribution is -2.53. The standard InChI is InChI=1S/C29H43N3O4S/c1-8-26(28(34)30-20-22(2)3)31(19-18-23-12-10-9-11-13-23)27(33)21-32(37(7,35)36)25-16-14-24(15-17-25)29(4,5)6/h9-17,22,26H,8,18-21H2,1-7H3,(H,30,34). The molecule has 7 nitrogen and oxygen atoms in total. The van der Waals surface area contributed by atoms with Crippen LogP contribution in [0.15, 0.2) is 54.6 Å². The van der Waals surface area contributed by atoms with Gasteiger partial charge in [-0.3, -0.25) is 13.9 Å². The smallest absolute Gasteiger partial charge is 0.244 e. The molecule has 2 rings (SSSR count). The van der Waals surface area contributed by atoms with E-state index in [4.69, 9.17) is 0 Å². The van der Waals surface area contributed by atoms with E-state index in [0.717, 1.165) is 21.7 Å². The van der Waals surface area contributed by atoms with Crippen molar-refractivity contribution in [1.82, 2.24) is 10.2 Å². The van der Waals surface area contributed by atoms with Gasteiger partial charge in [-0.1, -0.05) is 84.0 Å². The topological polar surface area (TPSA) is 86.8 Å². The number of hydrogen-bond donors (Lipinski definition) is 1. The summed E-state index contributed by atoms with van der Waals surface area (Å²) in [6, 6.07) is 16.3. The molecule has 0 saturated heterocycles. The van der Waals surface area contributed by atoms with Gasteiger partial charge in [-0.15, -0.1) is 0 Å². The zero-order valence-corrected chi connectivity index (χ0v) is 24.1. The van der Waals surface area contributed by atoms with Crippen LogP contribution in [0.3, 0.4) is 0 Å². The molecule has 2 aromatic rings. The number of benzene rings is 2. The Hall–Kier alpha value is -2.87. The minimum Gasteiger partial charge on any atom is -0.354 e. The van der Waals surface area contributed by atoms with Crippen LogP contribution in [0, 0.1) is 5.92 Å². The normalized spacial score (nSPS) is 12.8. The second kappa shape index (κ2) is 13.1. The van der Waals surface area contributed by atoms with Gasteiger partial charge in [-0.2, -0.15) is 0 Å². The Bertz CT molecular complexity index is 1120. The summed E-state index contributed by atoms with van der Waals surface area (Å²) in [6.45, 7) is 12.6. The number of carbonyl (C=O) groups excluding carboxylic acids is 2. The lowest BCUT2D eigenvalue weighted by atomic mass is 9.87. The van der Waals surface area contributed by atoms with Gasteiger partial charge in [-0.25, -0.2) is 8.42 Å². The van der Waals surface area contributed by atoms with Gasteiger partial charge in [0.05, 0.1) is 11.9 Å². The third kappa shape index (κ3) is 9.18. The number of anilines is 1. The van der Waals surface area contributed by atoms with Crippen molar-refractivity contribution in [2.45, 2.75) is 65.8 Å². The monoisotopic (exact) mass is 529 g/mol. The molecule has 0 aliphatic rings. The van der Waals surface area contributed by atoms with Gasteiger partial charge in [0.25, 0.3) is 0 Å². The SMILES string of the molecule is CCC(C(=O)NCC(C)C)N(CCc1ccccc1)C(=O)CN(c1ccc(C(C)(C)C)cc1)S(C)(=O)=O. The molecular formula is C29H43N3O4S. The minimum atomic E-state index is -3.75. The Morgan fingerprint density at radius 1 is 0.973 bits per heavy atom. The molecule has 0 fully saturated rings. The van der Waals surface area contributed by atoms with E-state index >= 15 is 0 Å². The molecule has 0 aromatic heterocycles. The molecule has 0 aliphatic carbocycles. The Labute approximate surface area is 223 Å². The molecule has 1 N–H and O–H groups in total. The van der Waals surface area contributed by atoms with E-state index in [1.165, 1.54) is 4.90 Å². The highest BCUT2D eigenvalue weighted by molar-refractivity contribution is 7.92. The molecule has 2 aromatic carbocycles. The first kappa shape index (κ1) is 30.4. The highest BCUT2D eigenvalue weighted by atomic mass is 32.2. The Morgan fingerprint density at radius 3 is 2.05 bits per heavy atom. The molecule has 37 heavy (non-hydrogen) atoms. The fourth-order valence-electron chi connectivity index (χ4n) is 4.06. The molecule has 0 spiro atoms. The predicted molar refractivity (Wildman–Crippen MR) is 151 cm³/mol. The Balaban J connectivity index is 2.36. The highest BCUT2D eigenvalue weighted by Crippen LogP contribution is 2.26. The lowest BCUT2D eigenvalue weighted by Gasteiger charge is -2.33. The summed E-state index contributed by atoms with van der Waals surface area (Å²) in [5.74, 6) is -0.363. The number of nitrogens with one attached hydrogen (secondary N) is 1. The number of sulfonamides is 1. The summed E-state index contributed by atoms with van der Waals surface area (Å²) in [5.41, 5.74) is 2.43. The summed E-state index contributed by atoms with van der Waals surface area (Å²) in [6.07, 6.45) is 2.07. The van der Waals surface area contributed by atoms with Crippen molar-refractivity contribution in [3.63, 3.8) is 0 Å². The molecular weight excluding hydrogens is 486 g/mol. The van der Waals surface area contributed by atoms with E-state index < -0.39 is 22.0 Å². The van der Waals surface area contributed by atoms with Crippen molar-refractivity contribution in [1.29, 1.82) is 0 Å². The van der Waals surface area contributed by atoms with E-state index in [1.54, 1.807) is 12.1 Å². The fraction of sp³-hybridized carbons (Fsp3) is 0.517. The van der Waals surface area contributed by atoms with E-state index in [9.17, 15) is 18.0 Å². The molecule has 204 valence electrons. The van der Waals surface area contributed by atoms with E-state index in [1.807, 2.05) is 63.2 Å². The summed E-state index contributed by atoms with van der Waals surface area (Å²) in [4.78, 5) is 28.3. The van der Waals surface area contributed by atoms with Crippen molar-refractivity contribution in [2.75, 3.05) is 30.2 Å². The fourth-order valence-corrected chi connectivity index (χ4v) is 4.91. The van der Waals surface area contributed by atoms with Crippen LogP contribution in [0.5, 0.6) is 0 Å². The largest absolute Gasteiger partial charge is 0.354 e. The quantitative estimate of drug-likeness (QED) is 0.442. The van der Waals surface area contributed by atoms with Gasteiger partial charge in [0.1, 0.15) is 12.6 Å². The van der Waals surface area contributed by atoms with Crippen molar-refractivity contribution < 1.29 is 18.0 Å². The first-order valence-corrected chi connectivity index (χ1v) is 14.8. The van der Waals surface area contributed by atoms with Crippen LogP contribution >= 0.6 is 0 Å². The number of hydrogen-bond acceptors (Lipinski definition) is 4. The molecule has 1 unspecified atom stereocenters. The van der Waals surface area contributed by atoms with E-state index in [-0.39, 0.29) is 23.8 Å². The lowest BCUT2D eigenvalue weighted by molar-refractivity contribution is -0.139. The summed E-state index contributed by atoms with van der Waals surface area (Å²) in [5, 5.41) is 2.94. The molecule has 0 bridgehead atoms. The molecule has 8 heteroatoms. The van der Waals surface area contributed by atoms with Crippen molar-refractivity contribution >= 4 is 27.5 Å². The summed E-state index contributed by atoms with van der Waals surface area (Å²) in [7, 11) is -3.75. The van der Waals surface area contributed by atoms with Crippen LogP contribution in [0.2, 0.25) is 0 Å². The van der Waals surface area contributed by atoms with Crippen molar-refractivity contribution in [3.8, 4) is 0 Å². The van der Waals surface area contributed by atoms with Gasteiger partial charge in [0.2, 0.25) is 21.8 Å². The van der Waals surface area contributed by atoms with Crippen LogP contribution in [0.1, 0.15) is 59.1 Å². The average Bonchev–Trinajstić information content (AvgIpc) is 2.83. The van der Waals surface area contributed by atoms with Gasteiger partial charge >= 0.3 is 0 Å². The third-order valence-corrected chi connectivity index (χ3v) is 7.40. The first-order valence-electron chi connectivity index (χ1n) is 12.9. The number of rotatable bonds is 12. The molecule has 2 amide bonds. The molecule has 0 radical (unpaired) electrons. The van der Waals surface area contributed by atoms with Crippen LogP contribution < -0.4 is 9.62 Å². The molecule has 0 heterocycles. The van der Waals surface area contributed by atoms with Crippen LogP contribution in [-0.2, 0) is 31.4 Å². The average molecular weight is 530 g/mol. The minimum absolute atomic E-state index is 0.0871. The van der Waals surface area contributed by atoms with Crippen molar-refractivity contribution in [2.24, 2.45) is 5.92 Å². The maximum Gasteiger partial charge on any atom is 0.244 e. The molecule has 0 aliphatic heterocycles. The Morgan fingerprint density at radius 2 is 1.57 bits per heavy atom. The number of nitrogens with zero attached hydrogens (tertiary/aromatic N) is 2. The van der Waals surface area contributed by atoms with E-state index in [2.05, 4.69) is 26.1 Å². The summed E-state index contributed by atoms with van der Waals surface area (Å²) >= 11 is 0. The molecule has 0 saturated carbocycles. The number of amides is 2. The van der Waals surface area contributed by atoms with Crippen LogP contribution in [0.4, 0.5) is 5.69 Å². The van der Waals surface area contributed by atoms with Gasteiger partial charge in [0, 0.05) is 13.1 Å². The van der Waals surface area contributed by atoms with E-state index in [0.29, 0.717) is 31.6 Å². The third-order valence-electron chi connectivity index (χ3n) is 6.26. The predicted octanol–water partition coefficient (Wildman–Crippen LogP) is 4.37. The molecule has 1 atom stereocenters. The number of carbonyl (C=O) groups is 2. The Kier molecular flexibility index (Phi) is 10.7. The van der Waals surface area contributed by atoms with Gasteiger partial charge in [0.15, 0.2) is 0 Å². The highest BCUT2D eigenvalue weighted by Gasteiger charge is 2.31. The second-order valence-corrected chi connectivity index (χ2v) is 12.9. The maximum atomic E-state index is 13.7. The first-order chi connectivity index (χ1) is 17.2. The maximum absolute atomic E-state index is 13.7. The zero-order valence-electron chi connectivity index (χ0n) is 23.3. The summed E-state index contributed by atoms with van der Waals surface area (Å²) < 4.78 is 26.7. The second-order valence-electron chi connectivity index (χ2n) is 11.0. The van der Waals surface area contributed by atoms with Gasteiger partial charge < -0.3 is 10.2 Å².